The number of hydrogen-bond acceptors (Lipinski definition) is 5. The first-order chi connectivity index (χ1) is 9.50. The Morgan fingerprint density at radius 1 is 1.20 bits per heavy atom. The average molecular weight is 280 g/mol. The highest BCUT2D eigenvalue weighted by Gasteiger charge is 2.03. The summed E-state index contributed by atoms with van der Waals surface area (Å²) in [4.78, 5) is 11.1. The van der Waals surface area contributed by atoms with Crippen molar-refractivity contribution in [2.75, 3.05) is 13.2 Å². The minimum Gasteiger partial charge on any atom is -0.490 e. The normalized spacial score (nSPS) is 9.50. The van der Waals surface area contributed by atoms with Gasteiger partial charge in [0.05, 0.1) is 0 Å². The number of esters is 1. The highest BCUT2D eigenvalue weighted by Crippen LogP contribution is 2.18. The lowest BCUT2D eigenvalue weighted by Crippen LogP contribution is -2.12. The molecule has 0 atom stereocenters. The third-order valence-corrected chi connectivity index (χ3v) is 2.48. The summed E-state index contributed by atoms with van der Waals surface area (Å²) in [6.45, 7) is 9.99. The van der Waals surface area contributed by atoms with Crippen LogP contribution in [0.2, 0.25) is 0 Å². The van der Waals surface area contributed by atoms with E-state index in [0.29, 0.717) is 18.1 Å². The SMILES string of the molecule is C=C(C)C(=O)OCCOc1ccc(C(C)C)cc1.NN. The summed E-state index contributed by atoms with van der Waals surface area (Å²) < 4.78 is 10.4. The standard InChI is InChI=1S/C15H20O3.H4N2/c1-11(2)13-5-7-14(8-6-13)17-9-10-18-15(16)12(3)4;1-2/h5-8,11H,3,9-10H2,1-2,4H3;1-2H2. The predicted octanol–water partition coefficient (Wildman–Crippen LogP) is 2.13. The van der Waals surface area contributed by atoms with Crippen LogP contribution in [0.15, 0.2) is 36.4 Å². The zero-order chi connectivity index (χ0) is 15.5. The number of nitrogens with two attached hydrogens (primary N) is 2. The fourth-order valence-electron chi connectivity index (χ4n) is 1.37. The minimum atomic E-state index is -0.381. The molecule has 1 aromatic rings. The summed E-state index contributed by atoms with van der Waals surface area (Å²) in [5.41, 5.74) is 1.67. The van der Waals surface area contributed by atoms with Crippen molar-refractivity contribution in [1.82, 2.24) is 0 Å². The largest absolute Gasteiger partial charge is 0.490 e. The summed E-state index contributed by atoms with van der Waals surface area (Å²) in [5, 5.41) is 0. The monoisotopic (exact) mass is 280 g/mol. The first kappa shape index (κ1) is 18.1. The Labute approximate surface area is 120 Å². The lowest BCUT2D eigenvalue weighted by molar-refractivity contribution is -0.139. The van der Waals surface area contributed by atoms with Gasteiger partial charge in [0.25, 0.3) is 0 Å². The van der Waals surface area contributed by atoms with Crippen LogP contribution < -0.4 is 16.4 Å². The number of carbonyl (C=O) groups is 1. The first-order valence-electron chi connectivity index (χ1n) is 6.39. The molecule has 0 fully saturated rings. The van der Waals surface area contributed by atoms with E-state index in [-0.39, 0.29) is 12.6 Å². The van der Waals surface area contributed by atoms with Gasteiger partial charge in [0, 0.05) is 5.57 Å². The lowest BCUT2D eigenvalue weighted by Gasteiger charge is -2.09. The van der Waals surface area contributed by atoms with E-state index in [1.807, 2.05) is 24.3 Å². The van der Waals surface area contributed by atoms with E-state index < -0.39 is 0 Å². The van der Waals surface area contributed by atoms with Gasteiger partial charge in [-0.05, 0) is 30.5 Å². The third kappa shape index (κ3) is 6.92. The molecule has 0 unspecified atom stereocenters. The first-order valence-corrected chi connectivity index (χ1v) is 6.39. The zero-order valence-corrected chi connectivity index (χ0v) is 12.4. The van der Waals surface area contributed by atoms with E-state index in [0.717, 1.165) is 5.75 Å². The van der Waals surface area contributed by atoms with Crippen LogP contribution in [0, 0.1) is 0 Å². The van der Waals surface area contributed by atoms with Crippen LogP contribution in [0.3, 0.4) is 0 Å². The van der Waals surface area contributed by atoms with Crippen molar-refractivity contribution in [2.45, 2.75) is 26.7 Å². The molecule has 0 aliphatic heterocycles. The number of carbonyl (C=O) groups excluding carboxylic acids is 1. The molecule has 0 saturated carbocycles. The molecule has 0 amide bonds. The number of benzene rings is 1. The van der Waals surface area contributed by atoms with Crippen molar-refractivity contribution in [1.29, 1.82) is 0 Å². The van der Waals surface area contributed by atoms with E-state index in [9.17, 15) is 4.79 Å². The van der Waals surface area contributed by atoms with Crippen molar-refractivity contribution < 1.29 is 14.3 Å². The summed E-state index contributed by atoms with van der Waals surface area (Å²) in [6, 6.07) is 7.94. The van der Waals surface area contributed by atoms with Gasteiger partial charge < -0.3 is 9.47 Å². The van der Waals surface area contributed by atoms with Gasteiger partial charge in [-0.3, -0.25) is 11.7 Å². The highest BCUT2D eigenvalue weighted by atomic mass is 16.6. The molecule has 1 rings (SSSR count). The smallest absolute Gasteiger partial charge is 0.333 e. The van der Waals surface area contributed by atoms with Crippen molar-refractivity contribution in [3.8, 4) is 5.75 Å². The van der Waals surface area contributed by atoms with Gasteiger partial charge in [0.1, 0.15) is 19.0 Å². The Balaban J connectivity index is 0.00000172. The fraction of sp³-hybridized carbons (Fsp3) is 0.400. The van der Waals surface area contributed by atoms with Crippen LogP contribution in [0.5, 0.6) is 5.75 Å². The van der Waals surface area contributed by atoms with Gasteiger partial charge in [-0.25, -0.2) is 4.79 Å². The topological polar surface area (TPSA) is 87.6 Å². The lowest BCUT2D eigenvalue weighted by atomic mass is 10.0. The van der Waals surface area contributed by atoms with Crippen molar-refractivity contribution in [3.63, 3.8) is 0 Å². The molecule has 112 valence electrons. The third-order valence-electron chi connectivity index (χ3n) is 2.48. The van der Waals surface area contributed by atoms with E-state index >= 15 is 0 Å². The van der Waals surface area contributed by atoms with Crippen molar-refractivity contribution in [3.05, 3.63) is 42.0 Å². The quantitative estimate of drug-likeness (QED) is 0.274. The van der Waals surface area contributed by atoms with Gasteiger partial charge in [-0.1, -0.05) is 32.6 Å². The van der Waals surface area contributed by atoms with Crippen molar-refractivity contribution in [2.24, 2.45) is 11.7 Å². The van der Waals surface area contributed by atoms with Crippen LogP contribution in [0.1, 0.15) is 32.3 Å². The molecule has 0 saturated heterocycles. The number of hydrazine groups is 1. The number of hydrogen-bond donors (Lipinski definition) is 2. The van der Waals surface area contributed by atoms with E-state index in [1.54, 1.807) is 6.92 Å². The fourth-order valence-corrected chi connectivity index (χ4v) is 1.37. The van der Waals surface area contributed by atoms with Gasteiger partial charge in [-0.2, -0.15) is 0 Å². The molecule has 5 nitrogen and oxygen atoms in total. The number of ether oxygens (including phenoxy) is 2. The van der Waals surface area contributed by atoms with Crippen LogP contribution in [0.25, 0.3) is 0 Å². The Morgan fingerprint density at radius 3 is 2.20 bits per heavy atom. The summed E-state index contributed by atoms with van der Waals surface area (Å²) >= 11 is 0. The van der Waals surface area contributed by atoms with Gasteiger partial charge in [-0.15, -0.1) is 0 Å². The predicted molar refractivity (Wildman–Crippen MR) is 80.2 cm³/mol. The van der Waals surface area contributed by atoms with Gasteiger partial charge >= 0.3 is 5.97 Å². The molecule has 4 N–H and O–H groups in total. The molecule has 0 radical (unpaired) electrons. The molecule has 1 aromatic carbocycles. The average Bonchev–Trinajstić information content (AvgIpc) is 2.45. The zero-order valence-electron chi connectivity index (χ0n) is 12.4. The molecule has 5 heteroatoms. The second kappa shape index (κ2) is 10.00. The second-order valence-electron chi connectivity index (χ2n) is 4.49. The maximum Gasteiger partial charge on any atom is 0.333 e. The van der Waals surface area contributed by atoms with Crippen LogP contribution >= 0.6 is 0 Å². The van der Waals surface area contributed by atoms with Gasteiger partial charge in [0.15, 0.2) is 0 Å². The maximum atomic E-state index is 11.1. The van der Waals surface area contributed by atoms with Crippen molar-refractivity contribution >= 4 is 5.97 Å². The van der Waals surface area contributed by atoms with Crippen LogP contribution in [0.4, 0.5) is 0 Å². The molecule has 0 aromatic heterocycles. The molecular weight excluding hydrogens is 256 g/mol. The van der Waals surface area contributed by atoms with Crippen LogP contribution in [-0.2, 0) is 9.53 Å². The summed E-state index contributed by atoms with van der Waals surface area (Å²) in [5.74, 6) is 8.91. The van der Waals surface area contributed by atoms with E-state index in [4.69, 9.17) is 9.47 Å². The van der Waals surface area contributed by atoms with E-state index in [2.05, 4.69) is 32.1 Å². The molecular formula is C15H24N2O3. The van der Waals surface area contributed by atoms with E-state index in [1.165, 1.54) is 5.56 Å². The molecule has 0 spiro atoms. The Bertz CT molecular complexity index is 414. The molecule has 0 heterocycles. The summed E-state index contributed by atoms with van der Waals surface area (Å²) in [6.07, 6.45) is 0. The molecule has 0 aliphatic rings. The molecule has 0 bridgehead atoms. The maximum absolute atomic E-state index is 11.1. The minimum absolute atomic E-state index is 0.234. The summed E-state index contributed by atoms with van der Waals surface area (Å²) in [7, 11) is 0. The Kier molecular flexibility index (Phi) is 9.07. The molecule has 0 aliphatic carbocycles. The Hall–Kier alpha value is -1.85. The van der Waals surface area contributed by atoms with Crippen LogP contribution in [-0.4, -0.2) is 19.2 Å². The number of rotatable bonds is 6. The highest BCUT2D eigenvalue weighted by molar-refractivity contribution is 5.86. The van der Waals surface area contributed by atoms with Gasteiger partial charge in [0.2, 0.25) is 0 Å². The second-order valence-corrected chi connectivity index (χ2v) is 4.49. The molecule has 20 heavy (non-hydrogen) atoms. The Morgan fingerprint density at radius 2 is 1.75 bits per heavy atom.